The molecule has 0 nitrogen and oxygen atoms in total. The van der Waals surface area contributed by atoms with Crippen LogP contribution in [0.4, 0.5) is 0 Å². The summed E-state index contributed by atoms with van der Waals surface area (Å²) < 4.78 is 0. The van der Waals surface area contributed by atoms with Gasteiger partial charge in [0.1, 0.15) is 0 Å². The van der Waals surface area contributed by atoms with Gasteiger partial charge in [-0.25, -0.2) is 0 Å². The summed E-state index contributed by atoms with van der Waals surface area (Å²) in [6, 6.07) is 35.2. The van der Waals surface area contributed by atoms with E-state index >= 15 is 0 Å². The molecule has 1 saturated carbocycles. The molecule has 0 unspecified atom stereocenters. The van der Waals surface area contributed by atoms with Gasteiger partial charge < -0.3 is 0 Å². The highest BCUT2D eigenvalue weighted by Gasteiger charge is 2.36. The predicted octanol–water partition coefficient (Wildman–Crippen LogP) is 13.3. The summed E-state index contributed by atoms with van der Waals surface area (Å²) in [5.74, 6) is 0.653. The van der Waals surface area contributed by atoms with Gasteiger partial charge in [0.05, 0.1) is 0 Å². The standard InChI is InChI=1S/C12H16.C12H18.C11H16.C10H14/c1-10-3-5-11(6-4-10)9-12(2)7-8-12;1-10-5-7-11(8-6-10)9-12(2,3)4;1-9-6-5-7-10(8-9)11(2,3)4;1-8(2)10-6-4-9(3)5-7-10/h3-6H,7-9H2,1-2H3;5-8H,9H2,1-4H3;5-8H,1-4H3;4-8H,1-3H3. The van der Waals surface area contributed by atoms with Crippen LogP contribution in [0, 0.1) is 38.5 Å². The second-order valence-corrected chi connectivity index (χ2v) is 16.4. The lowest BCUT2D eigenvalue weighted by molar-refractivity contribution is 0.411. The fourth-order valence-electron chi connectivity index (χ4n) is 4.97. The van der Waals surface area contributed by atoms with Crippen LogP contribution in [0.25, 0.3) is 0 Å². The molecule has 45 heavy (non-hydrogen) atoms. The number of aryl methyl sites for hydroxylation is 4. The fraction of sp³-hybridized carbons (Fsp3) is 0.467. The van der Waals surface area contributed by atoms with Crippen molar-refractivity contribution in [3.8, 4) is 0 Å². The Kier molecular flexibility index (Phi) is 14.4. The zero-order valence-electron chi connectivity index (χ0n) is 31.1. The zero-order valence-corrected chi connectivity index (χ0v) is 31.1. The van der Waals surface area contributed by atoms with E-state index in [1.807, 2.05) is 0 Å². The van der Waals surface area contributed by atoms with E-state index in [2.05, 4.69) is 187 Å². The van der Waals surface area contributed by atoms with Crippen LogP contribution >= 0.6 is 0 Å². The Bertz CT molecular complexity index is 1330. The van der Waals surface area contributed by atoms with Crippen LogP contribution in [-0.4, -0.2) is 0 Å². The second kappa shape index (κ2) is 17.0. The van der Waals surface area contributed by atoms with Crippen molar-refractivity contribution < 1.29 is 0 Å². The molecule has 0 radical (unpaired) electrons. The second-order valence-electron chi connectivity index (χ2n) is 16.4. The minimum Gasteiger partial charge on any atom is -0.0617 e. The van der Waals surface area contributed by atoms with E-state index in [9.17, 15) is 0 Å². The normalized spacial score (nSPS) is 13.4. The van der Waals surface area contributed by atoms with Gasteiger partial charge in [-0.15, -0.1) is 0 Å². The molecule has 1 aliphatic rings. The molecule has 0 amide bonds. The first-order chi connectivity index (χ1) is 20.8. The van der Waals surface area contributed by atoms with Crippen LogP contribution in [0.2, 0.25) is 0 Å². The lowest BCUT2D eigenvalue weighted by atomic mass is 9.86. The van der Waals surface area contributed by atoms with Gasteiger partial charge in [0.15, 0.2) is 0 Å². The molecule has 244 valence electrons. The van der Waals surface area contributed by atoms with Crippen molar-refractivity contribution in [2.75, 3.05) is 0 Å². The first-order valence-corrected chi connectivity index (χ1v) is 17.1. The SMILES string of the molecule is Cc1ccc(C(C)C)cc1.Cc1ccc(CC(C)(C)C)cc1.Cc1ccc(CC2(C)CC2)cc1.Cc1cccc(C(C)(C)C)c1. The molecule has 0 atom stereocenters. The average Bonchev–Trinajstić information content (AvgIpc) is 3.68. The molecule has 0 aliphatic heterocycles. The van der Waals surface area contributed by atoms with E-state index in [1.54, 1.807) is 0 Å². The van der Waals surface area contributed by atoms with E-state index in [4.69, 9.17) is 0 Å². The Morgan fingerprint density at radius 1 is 0.578 bits per heavy atom. The third-order valence-corrected chi connectivity index (χ3v) is 8.34. The van der Waals surface area contributed by atoms with E-state index < -0.39 is 0 Å². The van der Waals surface area contributed by atoms with Crippen LogP contribution in [-0.2, 0) is 18.3 Å². The van der Waals surface area contributed by atoms with Gasteiger partial charge in [0.2, 0.25) is 0 Å². The molecule has 0 heterocycles. The fourth-order valence-corrected chi connectivity index (χ4v) is 4.97. The molecule has 1 fully saturated rings. The molecule has 0 aromatic heterocycles. The van der Waals surface area contributed by atoms with Crippen molar-refractivity contribution in [1.29, 1.82) is 0 Å². The molecule has 1 aliphatic carbocycles. The number of benzene rings is 4. The molecule has 0 heteroatoms. The molecule has 0 saturated heterocycles. The minimum absolute atomic E-state index is 0.284. The van der Waals surface area contributed by atoms with Crippen molar-refractivity contribution in [3.63, 3.8) is 0 Å². The predicted molar refractivity (Wildman–Crippen MR) is 202 cm³/mol. The molecule has 0 spiro atoms. The third kappa shape index (κ3) is 16.1. The Labute approximate surface area is 278 Å². The van der Waals surface area contributed by atoms with Gasteiger partial charge in [0.25, 0.3) is 0 Å². The van der Waals surface area contributed by atoms with Crippen LogP contribution in [0.3, 0.4) is 0 Å². The van der Waals surface area contributed by atoms with Crippen LogP contribution < -0.4 is 0 Å². The molecule has 0 bridgehead atoms. The maximum absolute atomic E-state index is 2.38. The van der Waals surface area contributed by atoms with Gasteiger partial charge in [-0.05, 0) is 97.8 Å². The van der Waals surface area contributed by atoms with Crippen molar-refractivity contribution in [2.45, 2.75) is 127 Å². The average molecular weight is 605 g/mol. The van der Waals surface area contributed by atoms with Crippen molar-refractivity contribution in [2.24, 2.45) is 10.8 Å². The first-order valence-electron chi connectivity index (χ1n) is 17.1. The van der Waals surface area contributed by atoms with Crippen LogP contribution in [0.5, 0.6) is 0 Å². The maximum Gasteiger partial charge on any atom is -0.0132 e. The quantitative estimate of drug-likeness (QED) is 0.217. The molecular formula is C45H64. The highest BCUT2D eigenvalue weighted by atomic mass is 14.4. The highest BCUT2D eigenvalue weighted by molar-refractivity contribution is 5.28. The number of hydrogen-bond donors (Lipinski definition) is 0. The lowest BCUT2D eigenvalue weighted by Gasteiger charge is -2.19. The summed E-state index contributed by atoms with van der Waals surface area (Å²) in [6.45, 7) is 28.9. The summed E-state index contributed by atoms with van der Waals surface area (Å²) in [5.41, 5.74) is 12.5. The summed E-state index contributed by atoms with van der Waals surface area (Å²) >= 11 is 0. The van der Waals surface area contributed by atoms with E-state index in [1.165, 1.54) is 63.8 Å². The molecule has 5 rings (SSSR count). The smallest absolute Gasteiger partial charge is 0.0132 e. The van der Waals surface area contributed by atoms with Crippen molar-refractivity contribution in [1.82, 2.24) is 0 Å². The molecule has 4 aromatic rings. The third-order valence-electron chi connectivity index (χ3n) is 8.34. The topological polar surface area (TPSA) is 0 Å². The lowest BCUT2D eigenvalue weighted by Crippen LogP contribution is -2.10. The molecule has 4 aromatic carbocycles. The summed E-state index contributed by atoms with van der Waals surface area (Å²) in [5, 5.41) is 0. The van der Waals surface area contributed by atoms with Gasteiger partial charge in [-0.3, -0.25) is 0 Å². The van der Waals surface area contributed by atoms with E-state index in [-0.39, 0.29) is 5.41 Å². The van der Waals surface area contributed by atoms with Gasteiger partial charge in [-0.1, -0.05) is 182 Å². The monoisotopic (exact) mass is 605 g/mol. The Morgan fingerprint density at radius 3 is 1.38 bits per heavy atom. The van der Waals surface area contributed by atoms with E-state index in [0.717, 1.165) is 6.42 Å². The van der Waals surface area contributed by atoms with E-state index in [0.29, 0.717) is 16.7 Å². The Morgan fingerprint density at radius 2 is 1.02 bits per heavy atom. The maximum atomic E-state index is 2.38. The van der Waals surface area contributed by atoms with Crippen molar-refractivity contribution in [3.05, 3.63) is 142 Å². The van der Waals surface area contributed by atoms with Crippen LogP contribution in [0.1, 0.15) is 126 Å². The number of rotatable bonds is 4. The zero-order chi connectivity index (χ0) is 33.8. The summed E-state index contributed by atoms with van der Waals surface area (Å²) in [4.78, 5) is 0. The summed E-state index contributed by atoms with van der Waals surface area (Å²) in [6.07, 6.45) is 5.27. The minimum atomic E-state index is 0.284. The van der Waals surface area contributed by atoms with Crippen LogP contribution in [0.15, 0.2) is 97.1 Å². The van der Waals surface area contributed by atoms with Crippen molar-refractivity contribution >= 4 is 0 Å². The van der Waals surface area contributed by atoms with Gasteiger partial charge >= 0.3 is 0 Å². The summed E-state index contributed by atoms with van der Waals surface area (Å²) in [7, 11) is 0. The number of hydrogen-bond acceptors (Lipinski definition) is 0. The largest absolute Gasteiger partial charge is 0.0617 e. The molecular weight excluding hydrogens is 540 g/mol. The first kappa shape index (κ1) is 38.1. The Balaban J connectivity index is 0.000000210. The van der Waals surface area contributed by atoms with Gasteiger partial charge in [0, 0.05) is 0 Å². The Hall–Kier alpha value is -3.12. The van der Waals surface area contributed by atoms with Gasteiger partial charge in [-0.2, -0.15) is 0 Å². The molecule has 0 N–H and O–H groups in total. The highest BCUT2D eigenvalue weighted by Crippen LogP contribution is 2.47.